The number of ketones is 1. The van der Waals surface area contributed by atoms with Crippen LogP contribution in [0.15, 0.2) is 58.5 Å². The molecule has 0 saturated carbocycles. The van der Waals surface area contributed by atoms with Crippen molar-refractivity contribution < 1.29 is 9.18 Å². The van der Waals surface area contributed by atoms with Crippen LogP contribution in [0.3, 0.4) is 0 Å². The van der Waals surface area contributed by atoms with Crippen LogP contribution < -0.4 is 5.56 Å². The SMILES string of the molecule is CCC(C)n1c(SCC(=O)c2ccc(F)cc2)nc2ccccc2c1=O. The molecule has 4 nitrogen and oxygen atoms in total. The van der Waals surface area contributed by atoms with Gasteiger partial charge in [0.1, 0.15) is 5.82 Å². The number of halogens is 1. The number of hydrogen-bond donors (Lipinski definition) is 0. The van der Waals surface area contributed by atoms with Crippen molar-refractivity contribution in [2.75, 3.05) is 5.75 Å². The van der Waals surface area contributed by atoms with Gasteiger partial charge in [0.2, 0.25) is 0 Å². The van der Waals surface area contributed by atoms with Crippen LogP contribution in [-0.2, 0) is 0 Å². The van der Waals surface area contributed by atoms with Crippen LogP contribution in [-0.4, -0.2) is 21.1 Å². The molecule has 3 aromatic rings. The lowest BCUT2D eigenvalue weighted by atomic mass is 10.1. The third-order valence-electron chi connectivity index (χ3n) is 4.31. The highest BCUT2D eigenvalue weighted by Crippen LogP contribution is 2.23. The van der Waals surface area contributed by atoms with Crippen LogP contribution in [0, 0.1) is 5.82 Å². The Labute approximate surface area is 155 Å². The fourth-order valence-electron chi connectivity index (χ4n) is 2.65. The highest BCUT2D eigenvalue weighted by Gasteiger charge is 2.17. The van der Waals surface area contributed by atoms with E-state index in [1.807, 2.05) is 26.0 Å². The molecule has 0 aliphatic carbocycles. The minimum absolute atomic E-state index is 0.0250. The highest BCUT2D eigenvalue weighted by molar-refractivity contribution is 7.99. The number of carbonyl (C=O) groups excluding carboxylic acids is 1. The Balaban J connectivity index is 1.94. The van der Waals surface area contributed by atoms with E-state index in [4.69, 9.17) is 0 Å². The zero-order chi connectivity index (χ0) is 18.7. The van der Waals surface area contributed by atoms with E-state index in [2.05, 4.69) is 4.98 Å². The number of rotatable bonds is 6. The summed E-state index contributed by atoms with van der Waals surface area (Å²) in [6, 6.07) is 12.6. The lowest BCUT2D eigenvalue weighted by molar-refractivity contribution is 0.102. The van der Waals surface area contributed by atoms with Gasteiger partial charge in [0.15, 0.2) is 10.9 Å². The Morgan fingerprint density at radius 2 is 1.88 bits per heavy atom. The summed E-state index contributed by atoms with van der Waals surface area (Å²) in [5.41, 5.74) is 0.965. The molecule has 0 saturated heterocycles. The highest BCUT2D eigenvalue weighted by atomic mass is 32.2. The summed E-state index contributed by atoms with van der Waals surface area (Å²) in [4.78, 5) is 29.9. The molecule has 3 rings (SSSR count). The van der Waals surface area contributed by atoms with E-state index in [9.17, 15) is 14.0 Å². The van der Waals surface area contributed by atoms with Crippen molar-refractivity contribution in [1.29, 1.82) is 0 Å². The van der Waals surface area contributed by atoms with Crippen LogP contribution in [0.4, 0.5) is 4.39 Å². The lowest BCUT2D eigenvalue weighted by Crippen LogP contribution is -2.26. The van der Waals surface area contributed by atoms with Gasteiger partial charge in [-0.3, -0.25) is 14.2 Å². The Morgan fingerprint density at radius 3 is 2.58 bits per heavy atom. The number of para-hydroxylation sites is 1. The Hall–Kier alpha value is -2.47. The van der Waals surface area contributed by atoms with Gasteiger partial charge in [0.05, 0.1) is 16.7 Å². The molecule has 0 aliphatic heterocycles. The van der Waals surface area contributed by atoms with E-state index in [0.717, 1.165) is 6.42 Å². The summed E-state index contributed by atoms with van der Waals surface area (Å²) in [6.07, 6.45) is 0.777. The number of benzene rings is 2. The number of Topliss-reactive ketones (excluding diaryl/α,β-unsaturated/α-hetero) is 1. The zero-order valence-corrected chi connectivity index (χ0v) is 15.4. The number of nitrogens with zero attached hydrogens (tertiary/aromatic N) is 2. The maximum Gasteiger partial charge on any atom is 0.262 e. The molecule has 134 valence electrons. The summed E-state index contributed by atoms with van der Waals surface area (Å²) < 4.78 is 14.7. The summed E-state index contributed by atoms with van der Waals surface area (Å²) in [6.45, 7) is 3.97. The van der Waals surface area contributed by atoms with Gasteiger partial charge >= 0.3 is 0 Å². The maximum absolute atomic E-state index is 13.0. The van der Waals surface area contributed by atoms with E-state index in [0.29, 0.717) is 21.6 Å². The Kier molecular flexibility index (Phi) is 5.52. The second-order valence-corrected chi connectivity index (χ2v) is 7.01. The van der Waals surface area contributed by atoms with Crippen LogP contribution >= 0.6 is 11.8 Å². The molecule has 0 bridgehead atoms. The first kappa shape index (κ1) is 18.3. The Bertz CT molecular complexity index is 999. The minimum atomic E-state index is -0.379. The van der Waals surface area contributed by atoms with Crippen LogP contribution in [0.1, 0.15) is 36.7 Å². The molecule has 1 aromatic heterocycles. The van der Waals surface area contributed by atoms with Crippen molar-refractivity contribution in [2.24, 2.45) is 0 Å². The molecule has 1 heterocycles. The van der Waals surface area contributed by atoms with Gasteiger partial charge < -0.3 is 0 Å². The van der Waals surface area contributed by atoms with Gasteiger partial charge in [0.25, 0.3) is 5.56 Å². The molecule has 0 radical (unpaired) electrons. The van der Waals surface area contributed by atoms with Gasteiger partial charge in [-0.1, -0.05) is 30.8 Å². The first-order chi connectivity index (χ1) is 12.5. The van der Waals surface area contributed by atoms with E-state index >= 15 is 0 Å². The van der Waals surface area contributed by atoms with Crippen molar-refractivity contribution in [3.05, 3.63) is 70.3 Å². The molecule has 0 aliphatic rings. The van der Waals surface area contributed by atoms with Crippen molar-refractivity contribution in [2.45, 2.75) is 31.5 Å². The largest absolute Gasteiger partial charge is 0.293 e. The van der Waals surface area contributed by atoms with Crippen molar-refractivity contribution >= 4 is 28.4 Å². The van der Waals surface area contributed by atoms with Crippen molar-refractivity contribution in [3.63, 3.8) is 0 Å². The number of hydrogen-bond acceptors (Lipinski definition) is 4. The maximum atomic E-state index is 13.0. The third-order valence-corrected chi connectivity index (χ3v) is 5.26. The second kappa shape index (κ2) is 7.83. The zero-order valence-electron chi connectivity index (χ0n) is 14.6. The van der Waals surface area contributed by atoms with Crippen LogP contribution in [0.5, 0.6) is 0 Å². The average Bonchev–Trinajstić information content (AvgIpc) is 2.66. The first-order valence-corrected chi connectivity index (χ1v) is 9.42. The van der Waals surface area contributed by atoms with Gasteiger partial charge in [-0.25, -0.2) is 9.37 Å². The quantitative estimate of drug-likeness (QED) is 0.365. The van der Waals surface area contributed by atoms with Crippen molar-refractivity contribution in [1.82, 2.24) is 9.55 Å². The standard InChI is InChI=1S/C20H19FN2O2S/c1-3-13(2)23-19(25)16-6-4-5-7-17(16)22-20(23)26-12-18(24)14-8-10-15(21)11-9-14/h4-11,13H,3,12H2,1-2H3. The number of aromatic nitrogens is 2. The monoisotopic (exact) mass is 370 g/mol. The van der Waals surface area contributed by atoms with Gasteiger partial charge in [-0.15, -0.1) is 0 Å². The second-order valence-electron chi connectivity index (χ2n) is 6.06. The number of carbonyl (C=O) groups is 1. The smallest absolute Gasteiger partial charge is 0.262 e. The first-order valence-electron chi connectivity index (χ1n) is 8.44. The molecule has 1 unspecified atom stereocenters. The molecule has 0 N–H and O–H groups in total. The molecular formula is C20H19FN2O2S. The summed E-state index contributed by atoms with van der Waals surface area (Å²) in [7, 11) is 0. The molecule has 2 aromatic carbocycles. The average molecular weight is 370 g/mol. The van der Waals surface area contributed by atoms with E-state index in [1.165, 1.54) is 36.0 Å². The molecule has 1 atom stereocenters. The lowest BCUT2D eigenvalue weighted by Gasteiger charge is -2.18. The fraction of sp³-hybridized carbons (Fsp3) is 0.250. The predicted molar refractivity (Wildman–Crippen MR) is 102 cm³/mol. The van der Waals surface area contributed by atoms with Crippen LogP contribution in [0.2, 0.25) is 0 Å². The molecule has 0 amide bonds. The van der Waals surface area contributed by atoms with Crippen molar-refractivity contribution in [3.8, 4) is 0 Å². The topological polar surface area (TPSA) is 52.0 Å². The fourth-order valence-corrected chi connectivity index (χ4v) is 3.64. The molecule has 6 heteroatoms. The normalized spacial score (nSPS) is 12.3. The van der Waals surface area contributed by atoms with E-state index in [1.54, 1.807) is 16.7 Å². The summed E-state index contributed by atoms with van der Waals surface area (Å²) in [5.74, 6) is -0.378. The van der Waals surface area contributed by atoms with Gasteiger partial charge in [-0.05, 0) is 49.7 Å². The molecule has 0 spiro atoms. The predicted octanol–water partition coefficient (Wildman–Crippen LogP) is 4.48. The summed E-state index contributed by atoms with van der Waals surface area (Å²) >= 11 is 1.24. The molecule has 0 fully saturated rings. The van der Waals surface area contributed by atoms with Gasteiger partial charge in [-0.2, -0.15) is 0 Å². The summed E-state index contributed by atoms with van der Waals surface area (Å²) in [5, 5.41) is 1.10. The number of fused-ring (bicyclic) bond motifs is 1. The molecular weight excluding hydrogens is 351 g/mol. The Morgan fingerprint density at radius 1 is 1.19 bits per heavy atom. The number of thioether (sulfide) groups is 1. The third kappa shape index (κ3) is 3.70. The van der Waals surface area contributed by atoms with E-state index in [-0.39, 0.29) is 29.0 Å². The van der Waals surface area contributed by atoms with E-state index < -0.39 is 0 Å². The van der Waals surface area contributed by atoms with Gasteiger partial charge in [0, 0.05) is 11.6 Å². The van der Waals surface area contributed by atoms with Crippen LogP contribution in [0.25, 0.3) is 10.9 Å². The minimum Gasteiger partial charge on any atom is -0.293 e. The molecule has 26 heavy (non-hydrogen) atoms.